The van der Waals surface area contributed by atoms with Crippen molar-refractivity contribution in [3.05, 3.63) is 135 Å². The molecule has 1 nitrogen and oxygen atoms in total. The van der Waals surface area contributed by atoms with Gasteiger partial charge in [0, 0.05) is 27.7 Å². The van der Waals surface area contributed by atoms with Gasteiger partial charge in [0.1, 0.15) is 0 Å². The maximum absolute atomic E-state index is 13.8. The van der Waals surface area contributed by atoms with Gasteiger partial charge in [0.05, 0.1) is 16.1 Å². The van der Waals surface area contributed by atoms with Crippen molar-refractivity contribution in [2.45, 2.75) is 12.6 Å². The molecule has 37 heavy (non-hydrogen) atoms. The van der Waals surface area contributed by atoms with Gasteiger partial charge in [0.15, 0.2) is 0 Å². The van der Waals surface area contributed by atoms with E-state index in [0.29, 0.717) is 38.5 Å². The second-order valence-corrected chi connectivity index (χ2v) is 9.32. The maximum atomic E-state index is 13.8. The molecule has 0 N–H and O–H groups in total. The first-order valence-corrected chi connectivity index (χ1v) is 12.1. The fraction of sp³-hybridized carbons (Fsp3) is 0.0645. The number of aromatic nitrogens is 1. The number of hydrogen-bond donors (Lipinski definition) is 0. The number of nitrogens with zero attached hydrogens (tertiary/aromatic N) is 1. The summed E-state index contributed by atoms with van der Waals surface area (Å²) >= 11 is 12.2. The number of alkyl halides is 3. The molecule has 5 rings (SSSR count). The van der Waals surface area contributed by atoms with E-state index in [-0.39, 0.29) is 5.52 Å². The Labute approximate surface area is 222 Å². The smallest absolute Gasteiger partial charge is 0.255 e. The van der Waals surface area contributed by atoms with Gasteiger partial charge in [0.2, 0.25) is 0 Å². The van der Waals surface area contributed by atoms with Gasteiger partial charge in [-0.1, -0.05) is 89.6 Å². The zero-order valence-corrected chi connectivity index (χ0v) is 20.8. The maximum Gasteiger partial charge on any atom is 0.418 e. The molecule has 0 aliphatic rings. The van der Waals surface area contributed by atoms with Crippen molar-refractivity contribution in [1.82, 2.24) is 4.98 Å². The monoisotopic (exact) mass is 531 g/mol. The molecule has 182 valence electrons. The number of hydrogen-bond acceptors (Lipinski definition) is 1. The predicted molar refractivity (Wildman–Crippen MR) is 144 cm³/mol. The Bertz CT molecular complexity index is 1670. The third kappa shape index (κ3) is 5.49. The molecular formula is C31H18Cl2F3N. The van der Waals surface area contributed by atoms with E-state index in [1.807, 2.05) is 54.6 Å². The van der Waals surface area contributed by atoms with Crippen molar-refractivity contribution in [2.24, 2.45) is 0 Å². The summed E-state index contributed by atoms with van der Waals surface area (Å²) < 4.78 is 41.4. The van der Waals surface area contributed by atoms with Gasteiger partial charge in [-0.25, -0.2) is 0 Å². The van der Waals surface area contributed by atoms with E-state index < -0.39 is 11.7 Å². The van der Waals surface area contributed by atoms with Crippen molar-refractivity contribution >= 4 is 34.1 Å². The highest BCUT2D eigenvalue weighted by Crippen LogP contribution is 2.39. The highest BCUT2D eigenvalue weighted by Gasteiger charge is 2.33. The SMILES string of the molecule is FC(F)(F)c1cccc2c(-c3cccc(C#Cc4ccc(Cl)cc4Cl)c3)c(Cc3ccccc3)cnc12. The Balaban J connectivity index is 1.67. The van der Waals surface area contributed by atoms with Crippen LogP contribution in [0.3, 0.4) is 0 Å². The van der Waals surface area contributed by atoms with E-state index in [1.165, 1.54) is 6.07 Å². The van der Waals surface area contributed by atoms with Crippen LogP contribution in [0.4, 0.5) is 13.2 Å². The minimum atomic E-state index is -4.52. The number of para-hydroxylation sites is 1. The average molecular weight is 532 g/mol. The molecule has 0 aliphatic carbocycles. The lowest BCUT2D eigenvalue weighted by Gasteiger charge is -2.16. The Kier molecular flexibility index (Phi) is 6.93. The molecular weight excluding hydrogens is 514 g/mol. The third-order valence-corrected chi connectivity index (χ3v) is 6.49. The summed E-state index contributed by atoms with van der Waals surface area (Å²) in [5.74, 6) is 6.17. The van der Waals surface area contributed by atoms with Crippen LogP contribution in [0.15, 0.2) is 97.2 Å². The van der Waals surface area contributed by atoms with Gasteiger partial charge in [-0.2, -0.15) is 13.2 Å². The van der Waals surface area contributed by atoms with Crippen molar-refractivity contribution in [3.63, 3.8) is 0 Å². The van der Waals surface area contributed by atoms with E-state index in [9.17, 15) is 13.2 Å². The minimum Gasteiger partial charge on any atom is -0.255 e. The number of fused-ring (bicyclic) bond motifs is 1. The molecule has 5 aromatic rings. The molecule has 0 saturated carbocycles. The van der Waals surface area contributed by atoms with Crippen molar-refractivity contribution in [2.75, 3.05) is 0 Å². The molecule has 4 aromatic carbocycles. The van der Waals surface area contributed by atoms with Crippen LogP contribution < -0.4 is 0 Å². The Morgan fingerprint density at radius 2 is 1.57 bits per heavy atom. The van der Waals surface area contributed by atoms with Crippen molar-refractivity contribution in [3.8, 4) is 23.0 Å². The molecule has 0 amide bonds. The summed E-state index contributed by atoms with van der Waals surface area (Å²) in [4.78, 5) is 4.27. The van der Waals surface area contributed by atoms with E-state index >= 15 is 0 Å². The molecule has 0 bridgehead atoms. The lowest BCUT2D eigenvalue weighted by atomic mass is 9.91. The first-order chi connectivity index (χ1) is 17.8. The molecule has 0 fully saturated rings. The van der Waals surface area contributed by atoms with Crippen LogP contribution in [0.25, 0.3) is 22.0 Å². The third-order valence-electron chi connectivity index (χ3n) is 5.94. The van der Waals surface area contributed by atoms with Crippen LogP contribution in [0.1, 0.15) is 27.8 Å². The van der Waals surface area contributed by atoms with Crippen LogP contribution in [-0.4, -0.2) is 4.98 Å². The molecule has 0 saturated heterocycles. The van der Waals surface area contributed by atoms with Crippen molar-refractivity contribution in [1.29, 1.82) is 0 Å². The summed E-state index contributed by atoms with van der Waals surface area (Å²) in [7, 11) is 0. The fourth-order valence-electron chi connectivity index (χ4n) is 4.27. The number of rotatable bonds is 3. The lowest BCUT2D eigenvalue weighted by molar-refractivity contribution is -0.136. The van der Waals surface area contributed by atoms with Gasteiger partial charge in [-0.15, -0.1) is 0 Å². The van der Waals surface area contributed by atoms with Gasteiger partial charge < -0.3 is 0 Å². The molecule has 0 spiro atoms. The second-order valence-electron chi connectivity index (χ2n) is 8.48. The highest BCUT2D eigenvalue weighted by molar-refractivity contribution is 6.35. The molecule has 0 aliphatic heterocycles. The predicted octanol–water partition coefficient (Wildman–Crippen LogP) is 9.22. The first-order valence-electron chi connectivity index (χ1n) is 11.4. The molecule has 0 atom stereocenters. The molecule has 1 heterocycles. The van der Waals surface area contributed by atoms with E-state index in [4.69, 9.17) is 23.2 Å². The quantitative estimate of drug-likeness (QED) is 0.211. The summed E-state index contributed by atoms with van der Waals surface area (Å²) in [6, 6.07) is 26.5. The van der Waals surface area contributed by atoms with Crippen LogP contribution in [0, 0.1) is 11.8 Å². The summed E-state index contributed by atoms with van der Waals surface area (Å²) in [6.07, 6.45) is -2.45. The molecule has 0 unspecified atom stereocenters. The van der Waals surface area contributed by atoms with E-state index in [2.05, 4.69) is 16.8 Å². The standard InChI is InChI=1S/C31H18Cl2F3N/c32-25-15-14-22(28(33)18-25)13-12-21-8-4-9-23(16-21)29-24(17-20-6-2-1-3-7-20)19-37-30-26(29)10-5-11-27(30)31(34,35)36/h1-11,14-16,18-19H,17H2. The Morgan fingerprint density at radius 3 is 2.32 bits per heavy atom. The van der Waals surface area contributed by atoms with Crippen LogP contribution in [0.2, 0.25) is 10.0 Å². The van der Waals surface area contributed by atoms with E-state index in [1.54, 1.807) is 30.5 Å². The minimum absolute atomic E-state index is 0.0776. The normalized spacial score (nSPS) is 11.3. The first kappa shape index (κ1) is 24.9. The number of benzene rings is 4. The lowest BCUT2D eigenvalue weighted by Crippen LogP contribution is -2.07. The van der Waals surface area contributed by atoms with Crippen LogP contribution in [0.5, 0.6) is 0 Å². The fourth-order valence-corrected chi connectivity index (χ4v) is 4.72. The summed E-state index contributed by atoms with van der Waals surface area (Å²) in [5.41, 5.74) is 3.81. The number of pyridine rings is 1. The van der Waals surface area contributed by atoms with Gasteiger partial charge in [-0.3, -0.25) is 4.98 Å². The Morgan fingerprint density at radius 1 is 0.784 bits per heavy atom. The van der Waals surface area contributed by atoms with Gasteiger partial charge in [-0.05, 0) is 65.1 Å². The van der Waals surface area contributed by atoms with Gasteiger partial charge in [0.25, 0.3) is 0 Å². The van der Waals surface area contributed by atoms with E-state index in [0.717, 1.165) is 22.8 Å². The Hall–Kier alpha value is -3.78. The van der Waals surface area contributed by atoms with Crippen molar-refractivity contribution < 1.29 is 13.2 Å². The average Bonchev–Trinajstić information content (AvgIpc) is 2.88. The number of halogens is 5. The summed E-state index contributed by atoms with van der Waals surface area (Å²) in [6.45, 7) is 0. The largest absolute Gasteiger partial charge is 0.418 e. The molecule has 6 heteroatoms. The topological polar surface area (TPSA) is 12.9 Å². The van der Waals surface area contributed by atoms with Crippen LogP contribution in [-0.2, 0) is 12.6 Å². The second kappa shape index (κ2) is 10.3. The summed E-state index contributed by atoms with van der Waals surface area (Å²) in [5, 5.41) is 1.40. The highest BCUT2D eigenvalue weighted by atomic mass is 35.5. The van der Waals surface area contributed by atoms with Gasteiger partial charge >= 0.3 is 6.18 Å². The molecule has 1 aromatic heterocycles. The zero-order chi connectivity index (χ0) is 26.0. The zero-order valence-electron chi connectivity index (χ0n) is 19.3. The molecule has 0 radical (unpaired) electrons. The van der Waals surface area contributed by atoms with Crippen LogP contribution >= 0.6 is 23.2 Å².